The Morgan fingerprint density at radius 3 is 2.86 bits per heavy atom. The van der Waals surface area contributed by atoms with Crippen LogP contribution in [0.25, 0.3) is 0 Å². The summed E-state index contributed by atoms with van der Waals surface area (Å²) in [6.07, 6.45) is 1.53. The van der Waals surface area contributed by atoms with Gasteiger partial charge >= 0.3 is 0 Å². The monoisotopic (exact) mass is 314 g/mol. The summed E-state index contributed by atoms with van der Waals surface area (Å²) in [6.45, 7) is 1.02. The van der Waals surface area contributed by atoms with E-state index in [1.54, 1.807) is 0 Å². The van der Waals surface area contributed by atoms with Crippen molar-refractivity contribution in [2.75, 3.05) is 19.8 Å². The highest BCUT2D eigenvalue weighted by molar-refractivity contribution is 6.32. The summed E-state index contributed by atoms with van der Waals surface area (Å²) in [4.78, 5) is 21.9. The molecule has 1 fully saturated rings. The molecule has 2 rings (SSSR count). The van der Waals surface area contributed by atoms with Gasteiger partial charge < -0.3 is 14.8 Å². The van der Waals surface area contributed by atoms with Gasteiger partial charge in [-0.1, -0.05) is 11.6 Å². The number of non-ortho nitro benzene ring substituents is 1. The molecule has 1 amide bonds. The highest BCUT2D eigenvalue weighted by atomic mass is 35.5. The number of nitro groups is 1. The number of ether oxygens (including phenoxy) is 2. The molecule has 0 unspecified atom stereocenters. The van der Waals surface area contributed by atoms with Crippen LogP contribution in [0.2, 0.25) is 5.02 Å². The van der Waals surface area contributed by atoms with Crippen LogP contribution in [0.4, 0.5) is 5.69 Å². The van der Waals surface area contributed by atoms with Gasteiger partial charge in [0.1, 0.15) is 5.75 Å². The van der Waals surface area contributed by atoms with E-state index in [0.29, 0.717) is 13.2 Å². The molecule has 21 heavy (non-hydrogen) atoms. The van der Waals surface area contributed by atoms with Crippen molar-refractivity contribution in [2.45, 2.75) is 18.9 Å². The number of nitrogens with zero attached hydrogens (tertiary/aromatic N) is 1. The lowest BCUT2D eigenvalue weighted by Crippen LogP contribution is -2.41. The predicted molar refractivity (Wildman–Crippen MR) is 75.6 cm³/mol. The Kier molecular flexibility index (Phi) is 5.35. The van der Waals surface area contributed by atoms with Gasteiger partial charge in [-0.25, -0.2) is 0 Å². The standard InChI is InChI=1S/C13H15ClN2O5/c14-11-2-1-10(16(18)19)7-12(11)21-8-13(17)15-9-3-5-20-6-4-9/h1-2,7,9H,3-6,8H2,(H,15,17). The normalized spacial score (nSPS) is 15.5. The van der Waals surface area contributed by atoms with Gasteiger partial charge in [0, 0.05) is 25.3 Å². The average Bonchev–Trinajstić information content (AvgIpc) is 2.47. The van der Waals surface area contributed by atoms with Gasteiger partial charge in [-0.2, -0.15) is 0 Å². The first kappa shape index (κ1) is 15.5. The van der Waals surface area contributed by atoms with E-state index in [1.807, 2.05) is 0 Å². The van der Waals surface area contributed by atoms with E-state index in [2.05, 4.69) is 5.32 Å². The van der Waals surface area contributed by atoms with E-state index in [1.165, 1.54) is 18.2 Å². The van der Waals surface area contributed by atoms with Crippen LogP contribution < -0.4 is 10.1 Å². The molecule has 1 aromatic rings. The number of amides is 1. The zero-order chi connectivity index (χ0) is 15.2. The lowest BCUT2D eigenvalue weighted by Gasteiger charge is -2.23. The van der Waals surface area contributed by atoms with Crippen LogP contribution in [0.5, 0.6) is 5.75 Å². The van der Waals surface area contributed by atoms with Gasteiger partial charge in [0.05, 0.1) is 16.0 Å². The molecule has 0 aliphatic carbocycles. The molecule has 0 bridgehead atoms. The maximum atomic E-state index is 11.8. The summed E-state index contributed by atoms with van der Waals surface area (Å²) in [7, 11) is 0. The zero-order valence-corrected chi connectivity index (χ0v) is 12.0. The molecule has 0 radical (unpaired) electrons. The second kappa shape index (κ2) is 7.24. The Hall–Kier alpha value is -1.86. The van der Waals surface area contributed by atoms with Gasteiger partial charge in [0.2, 0.25) is 0 Å². The van der Waals surface area contributed by atoms with Gasteiger partial charge in [-0.15, -0.1) is 0 Å². The average molecular weight is 315 g/mol. The van der Waals surface area contributed by atoms with Crippen LogP contribution in [0.15, 0.2) is 18.2 Å². The maximum absolute atomic E-state index is 11.8. The molecule has 0 atom stereocenters. The SMILES string of the molecule is O=C(COc1cc([N+](=O)[O-])ccc1Cl)NC1CCOCC1. The summed E-state index contributed by atoms with van der Waals surface area (Å²) in [5, 5.41) is 13.7. The summed E-state index contributed by atoms with van der Waals surface area (Å²) < 4.78 is 10.4. The first-order chi connectivity index (χ1) is 10.1. The Morgan fingerprint density at radius 2 is 2.19 bits per heavy atom. The Labute approximate surface area is 126 Å². The third-order valence-electron chi connectivity index (χ3n) is 3.07. The van der Waals surface area contributed by atoms with Crippen LogP contribution in [-0.2, 0) is 9.53 Å². The van der Waals surface area contributed by atoms with E-state index < -0.39 is 4.92 Å². The quantitative estimate of drug-likeness (QED) is 0.662. The minimum absolute atomic E-state index is 0.0791. The van der Waals surface area contributed by atoms with Crippen molar-refractivity contribution in [1.82, 2.24) is 5.32 Å². The molecule has 1 saturated heterocycles. The van der Waals surface area contributed by atoms with Crippen molar-refractivity contribution in [1.29, 1.82) is 0 Å². The summed E-state index contributed by atoms with van der Waals surface area (Å²) in [6, 6.07) is 3.92. The number of rotatable bonds is 5. The Balaban J connectivity index is 1.88. The molecule has 1 aromatic carbocycles. The number of carbonyl (C=O) groups is 1. The van der Waals surface area contributed by atoms with Crippen molar-refractivity contribution in [3.63, 3.8) is 0 Å². The van der Waals surface area contributed by atoms with Crippen molar-refractivity contribution >= 4 is 23.2 Å². The Bertz CT molecular complexity index is 531. The zero-order valence-electron chi connectivity index (χ0n) is 11.2. The number of hydrogen-bond acceptors (Lipinski definition) is 5. The van der Waals surface area contributed by atoms with Gasteiger partial charge in [-0.3, -0.25) is 14.9 Å². The lowest BCUT2D eigenvalue weighted by molar-refractivity contribution is -0.384. The number of carbonyl (C=O) groups excluding carboxylic acids is 1. The van der Waals surface area contributed by atoms with Crippen LogP contribution in [0.1, 0.15) is 12.8 Å². The van der Waals surface area contributed by atoms with Crippen molar-refractivity contribution < 1.29 is 19.2 Å². The molecule has 1 N–H and O–H groups in total. The lowest BCUT2D eigenvalue weighted by atomic mass is 10.1. The highest BCUT2D eigenvalue weighted by Crippen LogP contribution is 2.28. The molecular weight excluding hydrogens is 300 g/mol. The fourth-order valence-electron chi connectivity index (χ4n) is 1.97. The fourth-order valence-corrected chi connectivity index (χ4v) is 2.14. The van der Waals surface area contributed by atoms with E-state index in [-0.39, 0.29) is 35.0 Å². The smallest absolute Gasteiger partial charge is 0.273 e. The molecule has 0 saturated carbocycles. The first-order valence-electron chi connectivity index (χ1n) is 6.50. The number of hydrogen-bond donors (Lipinski definition) is 1. The van der Waals surface area contributed by atoms with E-state index in [9.17, 15) is 14.9 Å². The minimum atomic E-state index is -0.550. The molecule has 1 aliphatic heterocycles. The number of benzene rings is 1. The molecular formula is C13H15ClN2O5. The third-order valence-corrected chi connectivity index (χ3v) is 3.38. The topological polar surface area (TPSA) is 90.7 Å². The number of nitrogens with one attached hydrogen (secondary N) is 1. The van der Waals surface area contributed by atoms with Gasteiger partial charge in [-0.05, 0) is 18.9 Å². The van der Waals surface area contributed by atoms with Crippen LogP contribution in [0, 0.1) is 10.1 Å². The molecule has 0 aromatic heterocycles. The van der Waals surface area contributed by atoms with Crippen LogP contribution >= 0.6 is 11.6 Å². The summed E-state index contributed by atoms with van der Waals surface area (Å²) >= 11 is 5.88. The first-order valence-corrected chi connectivity index (χ1v) is 6.88. The van der Waals surface area contributed by atoms with Crippen molar-refractivity contribution in [3.8, 4) is 5.75 Å². The Morgan fingerprint density at radius 1 is 1.48 bits per heavy atom. The molecule has 7 nitrogen and oxygen atoms in total. The van der Waals surface area contributed by atoms with E-state index >= 15 is 0 Å². The second-order valence-corrected chi connectivity index (χ2v) is 5.02. The predicted octanol–water partition coefficient (Wildman–Crippen LogP) is 1.92. The summed E-state index contributed by atoms with van der Waals surface area (Å²) in [5.41, 5.74) is -0.140. The molecule has 114 valence electrons. The van der Waals surface area contributed by atoms with Crippen molar-refractivity contribution in [3.05, 3.63) is 33.3 Å². The van der Waals surface area contributed by atoms with E-state index in [4.69, 9.17) is 21.1 Å². The summed E-state index contributed by atoms with van der Waals surface area (Å²) in [5.74, 6) is -0.169. The second-order valence-electron chi connectivity index (χ2n) is 4.61. The largest absolute Gasteiger partial charge is 0.482 e. The van der Waals surface area contributed by atoms with Gasteiger partial charge in [0.15, 0.2) is 6.61 Å². The molecule has 1 heterocycles. The van der Waals surface area contributed by atoms with Crippen LogP contribution in [-0.4, -0.2) is 36.7 Å². The molecule has 1 aliphatic rings. The highest BCUT2D eigenvalue weighted by Gasteiger charge is 2.17. The number of nitro benzene ring substituents is 1. The van der Waals surface area contributed by atoms with E-state index in [0.717, 1.165) is 12.8 Å². The maximum Gasteiger partial charge on any atom is 0.273 e. The van der Waals surface area contributed by atoms with Gasteiger partial charge in [0.25, 0.3) is 11.6 Å². The van der Waals surface area contributed by atoms with Crippen molar-refractivity contribution in [2.24, 2.45) is 0 Å². The third kappa shape index (κ3) is 4.57. The fraction of sp³-hybridized carbons (Fsp3) is 0.462. The number of halogens is 1. The molecule has 8 heteroatoms. The minimum Gasteiger partial charge on any atom is -0.482 e. The van der Waals surface area contributed by atoms with Crippen LogP contribution in [0.3, 0.4) is 0 Å². The molecule has 0 spiro atoms.